The van der Waals surface area contributed by atoms with E-state index in [1.807, 2.05) is 25.1 Å². The highest BCUT2D eigenvalue weighted by molar-refractivity contribution is 6.33. The van der Waals surface area contributed by atoms with Crippen molar-refractivity contribution in [2.45, 2.75) is 13.3 Å². The number of nitro groups is 1. The molecule has 0 saturated carbocycles. The van der Waals surface area contributed by atoms with Gasteiger partial charge < -0.3 is 10.1 Å². The largest absolute Gasteiger partial charge is 0.452 e. The normalized spacial score (nSPS) is 10.2. The third kappa shape index (κ3) is 5.02. The summed E-state index contributed by atoms with van der Waals surface area (Å²) in [4.78, 5) is 34.0. The number of carbonyl (C=O) groups is 2. The number of carbonyl (C=O) groups excluding carboxylic acids is 2. The minimum Gasteiger partial charge on any atom is -0.452 e. The second-order valence-corrected chi connectivity index (χ2v) is 5.51. The Balaban J connectivity index is 1.98. The van der Waals surface area contributed by atoms with Crippen LogP contribution in [0.25, 0.3) is 0 Å². The van der Waals surface area contributed by atoms with Crippen molar-refractivity contribution in [1.29, 1.82) is 0 Å². The smallest absolute Gasteiger partial charge is 0.340 e. The maximum absolute atomic E-state index is 12.0. The number of esters is 1. The third-order valence-corrected chi connectivity index (χ3v) is 3.66. The summed E-state index contributed by atoms with van der Waals surface area (Å²) in [5.74, 6) is -1.44. The molecule has 0 aliphatic rings. The van der Waals surface area contributed by atoms with Crippen LogP contribution in [0.15, 0.2) is 42.5 Å². The predicted octanol–water partition coefficient (Wildman–Crippen LogP) is 3.61. The SMILES string of the molecule is CCc1cccc(NC(=O)COC(=O)c2cc([N+](=O)[O-])ccc2Cl)c1. The van der Waals surface area contributed by atoms with Crippen molar-refractivity contribution in [3.05, 3.63) is 68.7 Å². The van der Waals surface area contributed by atoms with Gasteiger partial charge in [0.1, 0.15) is 0 Å². The second-order valence-electron chi connectivity index (χ2n) is 5.10. The molecule has 0 aliphatic heterocycles. The van der Waals surface area contributed by atoms with Crippen LogP contribution in [0.4, 0.5) is 11.4 Å². The number of hydrogen-bond donors (Lipinski definition) is 1. The summed E-state index contributed by atoms with van der Waals surface area (Å²) in [7, 11) is 0. The summed E-state index contributed by atoms with van der Waals surface area (Å²) >= 11 is 5.85. The number of rotatable bonds is 6. The Labute approximate surface area is 148 Å². The van der Waals surface area contributed by atoms with Crippen molar-refractivity contribution < 1.29 is 19.2 Å². The number of nitro benzene ring substituents is 1. The van der Waals surface area contributed by atoms with Crippen LogP contribution in [0.2, 0.25) is 5.02 Å². The molecule has 0 aromatic heterocycles. The number of nitrogens with one attached hydrogen (secondary N) is 1. The summed E-state index contributed by atoms with van der Waals surface area (Å²) < 4.78 is 4.88. The molecule has 0 radical (unpaired) electrons. The highest BCUT2D eigenvalue weighted by Crippen LogP contribution is 2.22. The molecule has 130 valence electrons. The minimum absolute atomic E-state index is 0.00616. The first kappa shape index (κ1) is 18.4. The van der Waals surface area contributed by atoms with Crippen LogP contribution in [0.5, 0.6) is 0 Å². The quantitative estimate of drug-likeness (QED) is 0.481. The van der Waals surface area contributed by atoms with Crippen LogP contribution in [-0.4, -0.2) is 23.4 Å². The monoisotopic (exact) mass is 362 g/mol. The maximum Gasteiger partial charge on any atom is 0.340 e. The third-order valence-electron chi connectivity index (χ3n) is 3.33. The van der Waals surface area contributed by atoms with E-state index >= 15 is 0 Å². The van der Waals surface area contributed by atoms with Gasteiger partial charge in [-0.15, -0.1) is 0 Å². The van der Waals surface area contributed by atoms with Gasteiger partial charge in [-0.1, -0.05) is 30.7 Å². The zero-order valence-electron chi connectivity index (χ0n) is 13.3. The predicted molar refractivity (Wildman–Crippen MR) is 92.8 cm³/mol. The average Bonchev–Trinajstić information content (AvgIpc) is 2.60. The zero-order valence-corrected chi connectivity index (χ0v) is 14.1. The fourth-order valence-corrected chi connectivity index (χ4v) is 2.25. The van der Waals surface area contributed by atoms with Gasteiger partial charge in [-0.25, -0.2) is 4.79 Å². The fraction of sp³-hybridized carbons (Fsp3) is 0.176. The van der Waals surface area contributed by atoms with E-state index in [1.165, 1.54) is 12.1 Å². The van der Waals surface area contributed by atoms with E-state index in [4.69, 9.17) is 16.3 Å². The second kappa shape index (κ2) is 8.25. The molecular formula is C17H15ClN2O5. The molecule has 2 rings (SSSR count). The molecule has 2 aromatic carbocycles. The van der Waals surface area contributed by atoms with E-state index in [0.717, 1.165) is 18.1 Å². The Bertz CT molecular complexity index is 822. The van der Waals surface area contributed by atoms with Crippen molar-refractivity contribution in [2.24, 2.45) is 0 Å². The summed E-state index contributed by atoms with van der Waals surface area (Å²) in [5.41, 5.74) is 1.18. The molecule has 0 heterocycles. The highest BCUT2D eigenvalue weighted by Gasteiger charge is 2.18. The molecule has 8 heteroatoms. The van der Waals surface area contributed by atoms with Crippen molar-refractivity contribution in [3.8, 4) is 0 Å². The van der Waals surface area contributed by atoms with Gasteiger partial charge in [0.15, 0.2) is 6.61 Å². The topological polar surface area (TPSA) is 98.5 Å². The minimum atomic E-state index is -0.911. The molecule has 1 amide bonds. The van der Waals surface area contributed by atoms with Crippen molar-refractivity contribution >= 4 is 34.9 Å². The van der Waals surface area contributed by atoms with Gasteiger partial charge in [-0.3, -0.25) is 14.9 Å². The zero-order chi connectivity index (χ0) is 18.4. The van der Waals surface area contributed by atoms with Crippen LogP contribution < -0.4 is 5.32 Å². The van der Waals surface area contributed by atoms with Gasteiger partial charge in [0.25, 0.3) is 11.6 Å². The van der Waals surface area contributed by atoms with Gasteiger partial charge in [-0.05, 0) is 30.2 Å². The lowest BCUT2D eigenvalue weighted by molar-refractivity contribution is -0.384. The van der Waals surface area contributed by atoms with Gasteiger partial charge >= 0.3 is 5.97 Å². The lowest BCUT2D eigenvalue weighted by atomic mass is 10.1. The summed E-state index contributed by atoms with van der Waals surface area (Å²) in [6.45, 7) is 1.46. The molecule has 7 nitrogen and oxygen atoms in total. The molecule has 0 atom stereocenters. The molecule has 0 unspecified atom stereocenters. The number of anilines is 1. The number of ether oxygens (including phenoxy) is 1. The molecule has 0 bridgehead atoms. The van der Waals surface area contributed by atoms with E-state index in [0.29, 0.717) is 5.69 Å². The Morgan fingerprint density at radius 3 is 2.68 bits per heavy atom. The molecule has 0 fully saturated rings. The van der Waals surface area contributed by atoms with Gasteiger partial charge in [0.05, 0.1) is 15.5 Å². The molecule has 1 N–H and O–H groups in total. The Morgan fingerprint density at radius 1 is 1.24 bits per heavy atom. The van der Waals surface area contributed by atoms with Crippen LogP contribution >= 0.6 is 11.6 Å². The highest BCUT2D eigenvalue weighted by atomic mass is 35.5. The Kier molecular flexibility index (Phi) is 6.08. The van der Waals surface area contributed by atoms with Crippen LogP contribution in [0.3, 0.4) is 0 Å². The molecule has 25 heavy (non-hydrogen) atoms. The van der Waals surface area contributed by atoms with E-state index in [9.17, 15) is 19.7 Å². The number of nitrogens with zero attached hydrogens (tertiary/aromatic N) is 1. The van der Waals surface area contributed by atoms with Gasteiger partial charge in [0.2, 0.25) is 0 Å². The summed E-state index contributed by atoms with van der Waals surface area (Å²) in [5, 5.41) is 13.4. The first-order valence-electron chi connectivity index (χ1n) is 7.40. The summed E-state index contributed by atoms with van der Waals surface area (Å²) in [6, 6.07) is 10.7. The Hall–Kier alpha value is -2.93. The average molecular weight is 363 g/mol. The number of hydrogen-bond acceptors (Lipinski definition) is 5. The maximum atomic E-state index is 12.0. The number of halogens is 1. The summed E-state index contributed by atoms with van der Waals surface area (Å²) in [6.07, 6.45) is 0.823. The van der Waals surface area contributed by atoms with Gasteiger partial charge in [-0.2, -0.15) is 0 Å². The fourth-order valence-electron chi connectivity index (χ4n) is 2.06. The van der Waals surface area contributed by atoms with E-state index in [2.05, 4.69) is 5.32 Å². The van der Waals surface area contributed by atoms with Crippen LogP contribution in [-0.2, 0) is 16.0 Å². The number of aryl methyl sites for hydroxylation is 1. The number of benzene rings is 2. The molecule has 0 aliphatic carbocycles. The lowest BCUT2D eigenvalue weighted by Crippen LogP contribution is -2.21. The first-order chi connectivity index (χ1) is 11.9. The standard InChI is InChI=1S/C17H15ClN2O5/c1-2-11-4-3-5-12(8-11)19-16(21)10-25-17(22)14-9-13(20(23)24)6-7-15(14)18/h3-9H,2,10H2,1H3,(H,19,21). The number of amides is 1. The van der Waals surface area contributed by atoms with E-state index in [1.54, 1.807) is 6.07 Å². The van der Waals surface area contributed by atoms with Crippen molar-refractivity contribution in [2.75, 3.05) is 11.9 Å². The number of non-ortho nitro benzene ring substituents is 1. The molecular weight excluding hydrogens is 348 g/mol. The van der Waals surface area contributed by atoms with Crippen LogP contribution in [0.1, 0.15) is 22.8 Å². The van der Waals surface area contributed by atoms with E-state index in [-0.39, 0.29) is 16.3 Å². The molecule has 0 spiro atoms. The molecule has 0 saturated heterocycles. The van der Waals surface area contributed by atoms with Crippen LogP contribution in [0, 0.1) is 10.1 Å². The van der Waals surface area contributed by atoms with Crippen molar-refractivity contribution in [3.63, 3.8) is 0 Å². The Morgan fingerprint density at radius 2 is 2.00 bits per heavy atom. The first-order valence-corrected chi connectivity index (χ1v) is 7.78. The molecule has 2 aromatic rings. The van der Waals surface area contributed by atoms with Crippen molar-refractivity contribution in [1.82, 2.24) is 0 Å². The van der Waals surface area contributed by atoms with E-state index < -0.39 is 23.4 Å². The van der Waals surface area contributed by atoms with Gasteiger partial charge in [0, 0.05) is 17.8 Å². The lowest BCUT2D eigenvalue weighted by Gasteiger charge is -2.08.